The van der Waals surface area contributed by atoms with Crippen LogP contribution in [0, 0.1) is 0 Å². The van der Waals surface area contributed by atoms with E-state index in [1.165, 1.54) is 0 Å². The molecule has 2 atom stereocenters. The number of rotatable bonds is 7. The first kappa shape index (κ1) is 18.0. The third kappa shape index (κ3) is 4.61. The number of ether oxygens (including phenoxy) is 2. The number of benzene rings is 2. The molecule has 4 nitrogen and oxygen atoms in total. The van der Waals surface area contributed by atoms with Gasteiger partial charge in [0.2, 0.25) is 0 Å². The maximum Gasteiger partial charge on any atom is 0.128 e. The smallest absolute Gasteiger partial charge is 0.128 e. The van der Waals surface area contributed by atoms with E-state index in [9.17, 15) is 5.11 Å². The number of methoxy groups -OCH3 is 1. The van der Waals surface area contributed by atoms with Crippen LogP contribution < -0.4 is 9.47 Å². The first-order valence-corrected chi connectivity index (χ1v) is 8.65. The summed E-state index contributed by atoms with van der Waals surface area (Å²) in [6, 6.07) is 19.7. The van der Waals surface area contributed by atoms with Gasteiger partial charge in [0.15, 0.2) is 0 Å². The van der Waals surface area contributed by atoms with Crippen molar-refractivity contribution in [3.8, 4) is 22.6 Å². The van der Waals surface area contributed by atoms with E-state index < -0.39 is 6.10 Å². The van der Waals surface area contributed by atoms with Gasteiger partial charge >= 0.3 is 0 Å². The second-order valence-corrected chi connectivity index (χ2v) is 6.23. The van der Waals surface area contributed by atoms with Crippen LogP contribution in [0.3, 0.4) is 0 Å². The zero-order valence-corrected chi connectivity index (χ0v) is 15.0. The lowest BCUT2D eigenvalue weighted by Gasteiger charge is -2.21. The highest BCUT2D eigenvalue weighted by atomic mass is 16.5. The number of aliphatic hydroxyl groups excluding tert-OH is 1. The predicted molar refractivity (Wildman–Crippen MR) is 102 cm³/mol. The van der Waals surface area contributed by atoms with Crippen LogP contribution in [0.5, 0.6) is 11.5 Å². The van der Waals surface area contributed by atoms with Gasteiger partial charge in [0.05, 0.1) is 13.2 Å². The highest BCUT2D eigenvalue weighted by Crippen LogP contribution is 2.29. The van der Waals surface area contributed by atoms with Crippen molar-refractivity contribution in [1.29, 1.82) is 0 Å². The van der Waals surface area contributed by atoms with Gasteiger partial charge < -0.3 is 14.6 Å². The molecule has 0 radical (unpaired) electrons. The van der Waals surface area contributed by atoms with Crippen molar-refractivity contribution in [3.05, 3.63) is 78.6 Å². The van der Waals surface area contributed by atoms with E-state index in [-0.39, 0.29) is 6.10 Å². The summed E-state index contributed by atoms with van der Waals surface area (Å²) in [6.45, 7) is 1.76. The number of aromatic nitrogens is 1. The second kappa shape index (κ2) is 8.50. The van der Waals surface area contributed by atoms with Gasteiger partial charge in [-0.3, -0.25) is 4.98 Å². The summed E-state index contributed by atoms with van der Waals surface area (Å²) >= 11 is 0. The van der Waals surface area contributed by atoms with Crippen molar-refractivity contribution >= 4 is 0 Å². The van der Waals surface area contributed by atoms with Crippen molar-refractivity contribution in [3.63, 3.8) is 0 Å². The maximum atomic E-state index is 9.79. The third-order valence-electron chi connectivity index (χ3n) is 4.15. The van der Waals surface area contributed by atoms with Gasteiger partial charge in [0, 0.05) is 24.4 Å². The standard InChI is InChI=1S/C22H23NO3/c1-16(24)13-22(19-6-4-12-23-15-19)26-20-10-8-17(9-11-20)18-5-3-7-21(14-18)25-2/h3-12,14-16,22,24H,13H2,1-2H3. The molecule has 0 saturated heterocycles. The van der Waals surface area contributed by atoms with Gasteiger partial charge in [-0.25, -0.2) is 0 Å². The van der Waals surface area contributed by atoms with Crippen LogP contribution in [0.15, 0.2) is 73.1 Å². The molecule has 2 unspecified atom stereocenters. The van der Waals surface area contributed by atoms with E-state index in [1.54, 1.807) is 26.4 Å². The number of nitrogens with zero attached hydrogens (tertiary/aromatic N) is 1. The van der Waals surface area contributed by atoms with Crippen LogP contribution >= 0.6 is 0 Å². The molecule has 1 N–H and O–H groups in total. The monoisotopic (exact) mass is 349 g/mol. The van der Waals surface area contributed by atoms with Gasteiger partial charge in [0.1, 0.15) is 17.6 Å². The maximum absolute atomic E-state index is 9.79. The molecule has 3 rings (SSSR count). The van der Waals surface area contributed by atoms with Crippen molar-refractivity contribution in [2.24, 2.45) is 0 Å². The summed E-state index contributed by atoms with van der Waals surface area (Å²) in [4.78, 5) is 4.15. The second-order valence-electron chi connectivity index (χ2n) is 6.23. The Bertz CT molecular complexity index is 816. The Morgan fingerprint density at radius 2 is 1.77 bits per heavy atom. The SMILES string of the molecule is COc1cccc(-c2ccc(OC(CC(C)O)c3cccnc3)cc2)c1. The Hall–Kier alpha value is -2.85. The topological polar surface area (TPSA) is 51.6 Å². The molecule has 0 bridgehead atoms. The number of hydrogen-bond acceptors (Lipinski definition) is 4. The highest BCUT2D eigenvalue weighted by molar-refractivity contribution is 5.65. The molecule has 134 valence electrons. The molecular formula is C22H23NO3. The molecule has 2 aromatic carbocycles. The Kier molecular flexibility index (Phi) is 5.87. The van der Waals surface area contributed by atoms with E-state index >= 15 is 0 Å². The predicted octanol–water partition coefficient (Wildman–Crippen LogP) is 4.65. The normalized spacial score (nSPS) is 13.0. The summed E-state index contributed by atoms with van der Waals surface area (Å²) in [5.41, 5.74) is 3.12. The molecule has 0 fully saturated rings. The van der Waals surface area contributed by atoms with E-state index in [0.29, 0.717) is 6.42 Å². The molecule has 0 aliphatic carbocycles. The number of aliphatic hydroxyl groups is 1. The molecule has 0 aliphatic rings. The lowest BCUT2D eigenvalue weighted by Crippen LogP contribution is -2.14. The van der Waals surface area contributed by atoms with E-state index in [2.05, 4.69) is 4.98 Å². The van der Waals surface area contributed by atoms with Crippen LogP contribution in [0.1, 0.15) is 25.0 Å². The van der Waals surface area contributed by atoms with Crippen molar-refractivity contribution < 1.29 is 14.6 Å². The van der Waals surface area contributed by atoms with Crippen LogP contribution in [0.2, 0.25) is 0 Å². The molecule has 0 spiro atoms. The van der Waals surface area contributed by atoms with Crippen molar-refractivity contribution in [2.75, 3.05) is 7.11 Å². The van der Waals surface area contributed by atoms with E-state index in [4.69, 9.17) is 9.47 Å². The molecular weight excluding hydrogens is 326 g/mol. The largest absolute Gasteiger partial charge is 0.497 e. The quantitative estimate of drug-likeness (QED) is 0.675. The lowest BCUT2D eigenvalue weighted by molar-refractivity contribution is 0.106. The minimum Gasteiger partial charge on any atom is -0.497 e. The molecule has 1 heterocycles. The summed E-state index contributed by atoms with van der Waals surface area (Å²) < 4.78 is 11.4. The van der Waals surface area contributed by atoms with E-state index in [0.717, 1.165) is 28.2 Å². The Morgan fingerprint density at radius 3 is 2.42 bits per heavy atom. The molecule has 26 heavy (non-hydrogen) atoms. The number of pyridine rings is 1. The molecule has 0 amide bonds. The summed E-state index contributed by atoms with van der Waals surface area (Å²) in [5.74, 6) is 1.59. The third-order valence-corrected chi connectivity index (χ3v) is 4.15. The molecule has 3 aromatic rings. The van der Waals surface area contributed by atoms with Gasteiger partial charge in [-0.05, 0) is 48.4 Å². The van der Waals surface area contributed by atoms with Gasteiger partial charge in [0.25, 0.3) is 0 Å². The molecule has 0 aliphatic heterocycles. The summed E-state index contributed by atoms with van der Waals surface area (Å²) in [7, 11) is 1.66. The first-order chi connectivity index (χ1) is 12.7. The fourth-order valence-electron chi connectivity index (χ4n) is 2.82. The summed E-state index contributed by atoms with van der Waals surface area (Å²) in [5, 5.41) is 9.79. The Balaban J connectivity index is 1.78. The highest BCUT2D eigenvalue weighted by Gasteiger charge is 2.16. The van der Waals surface area contributed by atoms with Gasteiger partial charge in [-0.2, -0.15) is 0 Å². The van der Waals surface area contributed by atoms with Crippen LogP contribution in [0.4, 0.5) is 0 Å². The van der Waals surface area contributed by atoms with Crippen molar-refractivity contribution in [2.45, 2.75) is 25.6 Å². The zero-order chi connectivity index (χ0) is 18.4. The average Bonchev–Trinajstić information content (AvgIpc) is 2.68. The average molecular weight is 349 g/mol. The molecule has 0 saturated carbocycles. The minimum absolute atomic E-state index is 0.244. The van der Waals surface area contributed by atoms with Crippen LogP contribution in [-0.2, 0) is 0 Å². The lowest BCUT2D eigenvalue weighted by atomic mass is 10.0. The molecule has 4 heteroatoms. The van der Waals surface area contributed by atoms with Gasteiger partial charge in [-0.15, -0.1) is 0 Å². The minimum atomic E-state index is -0.462. The van der Waals surface area contributed by atoms with Gasteiger partial charge in [-0.1, -0.05) is 30.3 Å². The first-order valence-electron chi connectivity index (χ1n) is 8.65. The Labute approximate surface area is 154 Å². The fourth-order valence-corrected chi connectivity index (χ4v) is 2.82. The fraction of sp³-hybridized carbons (Fsp3) is 0.227. The van der Waals surface area contributed by atoms with Crippen molar-refractivity contribution in [1.82, 2.24) is 4.98 Å². The zero-order valence-electron chi connectivity index (χ0n) is 15.0. The Morgan fingerprint density at radius 1 is 0.962 bits per heavy atom. The molecule has 1 aromatic heterocycles. The van der Waals surface area contributed by atoms with Crippen LogP contribution in [0.25, 0.3) is 11.1 Å². The van der Waals surface area contributed by atoms with Crippen LogP contribution in [-0.4, -0.2) is 23.3 Å². The van der Waals surface area contributed by atoms with E-state index in [1.807, 2.05) is 60.7 Å². The summed E-state index contributed by atoms with van der Waals surface area (Å²) in [6.07, 6.45) is 3.30. The number of hydrogen-bond donors (Lipinski definition) is 1.